The Bertz CT molecular complexity index is 2070. The van der Waals surface area contributed by atoms with Crippen molar-refractivity contribution in [2.75, 3.05) is 13.7 Å². The molecule has 1 unspecified atom stereocenters. The van der Waals surface area contributed by atoms with E-state index < -0.39 is 18.1 Å². The average molecular weight is 758 g/mol. The number of methoxy groups -OCH3 is 1. The van der Waals surface area contributed by atoms with Crippen molar-refractivity contribution in [2.45, 2.75) is 44.2 Å². The van der Waals surface area contributed by atoms with Crippen molar-refractivity contribution in [2.24, 2.45) is 0 Å². The molecule has 7 rings (SSSR count). The van der Waals surface area contributed by atoms with E-state index in [9.17, 15) is 9.59 Å². The highest BCUT2D eigenvalue weighted by atomic mass is 35.5. The SMILES string of the molecule is COC(=O)[C@H](Cc1ccc(-c2ccc(Cl)cc2)cc1)NC(=O)[C@@H]1Cc2cc3c(cc2CN1)OC(c1ccc(OCc2ccc(Cl)c(Cl)c2)cc1)CO3. The van der Waals surface area contributed by atoms with Crippen LogP contribution in [0.1, 0.15) is 33.9 Å². The highest BCUT2D eigenvalue weighted by Crippen LogP contribution is 2.40. The molecule has 52 heavy (non-hydrogen) atoms. The van der Waals surface area contributed by atoms with Gasteiger partial charge in [-0.15, -0.1) is 0 Å². The van der Waals surface area contributed by atoms with Crippen LogP contribution >= 0.6 is 34.8 Å². The van der Waals surface area contributed by atoms with E-state index in [-0.39, 0.29) is 18.4 Å². The maximum absolute atomic E-state index is 13.5. The first-order chi connectivity index (χ1) is 25.2. The van der Waals surface area contributed by atoms with E-state index in [2.05, 4.69) is 10.6 Å². The lowest BCUT2D eigenvalue weighted by Gasteiger charge is -2.31. The second-order valence-corrected chi connectivity index (χ2v) is 14.0. The lowest BCUT2D eigenvalue weighted by molar-refractivity contribution is -0.145. The molecular formula is C41H35Cl3N2O6. The van der Waals surface area contributed by atoms with Gasteiger partial charge in [0.1, 0.15) is 25.0 Å². The Morgan fingerprint density at radius 1 is 0.827 bits per heavy atom. The van der Waals surface area contributed by atoms with E-state index in [1.807, 2.05) is 91.0 Å². The third-order valence-electron chi connectivity index (χ3n) is 9.22. The molecule has 3 atom stereocenters. The molecule has 2 aliphatic heterocycles. The summed E-state index contributed by atoms with van der Waals surface area (Å²) in [5.41, 5.74) is 6.82. The van der Waals surface area contributed by atoms with E-state index in [4.69, 9.17) is 53.8 Å². The number of fused-ring (bicyclic) bond motifs is 2. The minimum atomic E-state index is -0.845. The smallest absolute Gasteiger partial charge is 0.328 e. The molecule has 8 nitrogen and oxygen atoms in total. The molecule has 0 saturated carbocycles. The zero-order valence-electron chi connectivity index (χ0n) is 28.2. The minimum Gasteiger partial charge on any atom is -0.489 e. The standard InChI is InChI=1S/C41H35Cl3N2O6/c1-49-41(48)36(17-24-2-5-26(6-3-24)27-7-11-31(42)12-8-27)46-40(47)35-18-29-19-37-38(20-30(29)21-45-35)52-39(23-51-37)28-9-13-32(14-10-28)50-22-25-4-15-33(43)34(44)16-25/h2-16,19-20,35-36,39,45H,17-18,21-23H2,1H3,(H,46,47)/t35-,36-,39?/m0/s1. The van der Waals surface area contributed by atoms with Crippen LogP contribution in [0.25, 0.3) is 11.1 Å². The highest BCUT2D eigenvalue weighted by Gasteiger charge is 2.31. The van der Waals surface area contributed by atoms with Crippen LogP contribution in [0.15, 0.2) is 103 Å². The molecule has 0 radical (unpaired) electrons. The van der Waals surface area contributed by atoms with Gasteiger partial charge < -0.3 is 29.6 Å². The fourth-order valence-electron chi connectivity index (χ4n) is 6.33. The number of rotatable bonds is 10. The monoisotopic (exact) mass is 756 g/mol. The van der Waals surface area contributed by atoms with Crippen LogP contribution in [0, 0.1) is 0 Å². The zero-order chi connectivity index (χ0) is 36.2. The predicted octanol–water partition coefficient (Wildman–Crippen LogP) is 8.32. The maximum Gasteiger partial charge on any atom is 0.328 e. The molecule has 5 aromatic carbocycles. The molecule has 0 aromatic heterocycles. The average Bonchev–Trinajstić information content (AvgIpc) is 3.17. The van der Waals surface area contributed by atoms with Gasteiger partial charge in [0.05, 0.1) is 23.2 Å². The maximum atomic E-state index is 13.5. The van der Waals surface area contributed by atoms with Gasteiger partial charge in [-0.2, -0.15) is 0 Å². The Morgan fingerprint density at radius 2 is 1.52 bits per heavy atom. The van der Waals surface area contributed by atoms with Gasteiger partial charge in [0.2, 0.25) is 5.91 Å². The molecular weight excluding hydrogens is 723 g/mol. The summed E-state index contributed by atoms with van der Waals surface area (Å²) in [4.78, 5) is 26.2. The number of halogens is 3. The molecule has 0 bridgehead atoms. The summed E-state index contributed by atoms with van der Waals surface area (Å²) in [6.45, 7) is 1.15. The first kappa shape index (κ1) is 35.7. The van der Waals surface area contributed by atoms with Gasteiger partial charge in [-0.05, 0) is 93.9 Å². The van der Waals surface area contributed by atoms with Crippen molar-refractivity contribution < 1.29 is 28.5 Å². The van der Waals surface area contributed by atoms with Crippen molar-refractivity contribution in [3.05, 3.63) is 146 Å². The van der Waals surface area contributed by atoms with Crippen molar-refractivity contribution in [1.82, 2.24) is 10.6 Å². The van der Waals surface area contributed by atoms with Crippen molar-refractivity contribution in [3.63, 3.8) is 0 Å². The minimum absolute atomic E-state index is 0.279. The molecule has 0 saturated heterocycles. The molecule has 5 aromatic rings. The zero-order valence-corrected chi connectivity index (χ0v) is 30.4. The molecule has 2 heterocycles. The molecule has 2 N–H and O–H groups in total. The highest BCUT2D eigenvalue weighted by molar-refractivity contribution is 6.42. The molecule has 11 heteroatoms. The molecule has 0 spiro atoms. The Hall–Kier alpha value is -4.73. The summed E-state index contributed by atoms with van der Waals surface area (Å²) in [5.74, 6) is 1.20. The van der Waals surface area contributed by atoms with E-state index in [1.54, 1.807) is 12.1 Å². The molecule has 266 valence electrons. The number of carbonyl (C=O) groups is 2. The number of carbonyl (C=O) groups excluding carboxylic acids is 2. The van der Waals surface area contributed by atoms with E-state index in [1.165, 1.54) is 7.11 Å². The lowest BCUT2D eigenvalue weighted by Crippen LogP contribution is -2.53. The summed E-state index contributed by atoms with van der Waals surface area (Å²) < 4.78 is 23.5. The molecule has 0 aliphatic carbocycles. The van der Waals surface area contributed by atoms with Gasteiger partial charge in [-0.3, -0.25) is 4.79 Å². The summed E-state index contributed by atoms with van der Waals surface area (Å²) in [6, 6.07) is 31.1. The first-order valence-electron chi connectivity index (χ1n) is 16.8. The summed E-state index contributed by atoms with van der Waals surface area (Å²) in [6.07, 6.45) is 0.416. The van der Waals surface area contributed by atoms with Crippen LogP contribution < -0.4 is 24.8 Å². The third-order valence-corrected chi connectivity index (χ3v) is 10.2. The Balaban J connectivity index is 0.951. The van der Waals surface area contributed by atoms with Gasteiger partial charge >= 0.3 is 5.97 Å². The van der Waals surface area contributed by atoms with E-state index >= 15 is 0 Å². The number of amides is 1. The van der Waals surface area contributed by atoms with Crippen LogP contribution in [0.5, 0.6) is 17.2 Å². The van der Waals surface area contributed by atoms with E-state index in [0.717, 1.165) is 38.9 Å². The van der Waals surface area contributed by atoms with Crippen molar-refractivity contribution >= 4 is 46.7 Å². The number of esters is 1. The Morgan fingerprint density at radius 3 is 2.23 bits per heavy atom. The Labute approximate surface area is 316 Å². The van der Waals surface area contributed by atoms with Crippen LogP contribution in [0.4, 0.5) is 0 Å². The molecule has 2 aliphatic rings. The van der Waals surface area contributed by atoms with E-state index in [0.29, 0.717) is 58.5 Å². The predicted molar refractivity (Wildman–Crippen MR) is 201 cm³/mol. The van der Waals surface area contributed by atoms with Gasteiger partial charge in [-0.25, -0.2) is 4.79 Å². The van der Waals surface area contributed by atoms with Gasteiger partial charge in [-0.1, -0.05) is 89.4 Å². The second-order valence-electron chi connectivity index (χ2n) is 12.7. The lowest BCUT2D eigenvalue weighted by atomic mass is 9.94. The number of hydrogen-bond acceptors (Lipinski definition) is 7. The normalized spacial score (nSPS) is 16.7. The third kappa shape index (κ3) is 8.32. The number of hydrogen-bond donors (Lipinski definition) is 2. The first-order valence-corrected chi connectivity index (χ1v) is 17.9. The fraction of sp³-hybridized carbons (Fsp3) is 0.220. The fourth-order valence-corrected chi connectivity index (χ4v) is 6.77. The quantitative estimate of drug-likeness (QED) is 0.139. The van der Waals surface area contributed by atoms with Crippen molar-refractivity contribution in [3.8, 4) is 28.4 Å². The molecule has 1 amide bonds. The summed E-state index contributed by atoms with van der Waals surface area (Å²) in [5, 5.41) is 7.90. The van der Waals surface area contributed by atoms with Crippen LogP contribution in [0.2, 0.25) is 15.1 Å². The summed E-state index contributed by atoms with van der Waals surface area (Å²) >= 11 is 18.2. The largest absolute Gasteiger partial charge is 0.489 e. The second kappa shape index (κ2) is 15.9. The van der Waals surface area contributed by atoms with Gasteiger partial charge in [0.15, 0.2) is 17.6 Å². The number of benzene rings is 5. The van der Waals surface area contributed by atoms with Crippen LogP contribution in [-0.2, 0) is 40.3 Å². The van der Waals surface area contributed by atoms with Crippen LogP contribution in [0.3, 0.4) is 0 Å². The van der Waals surface area contributed by atoms with Gasteiger partial charge in [0, 0.05) is 18.0 Å². The van der Waals surface area contributed by atoms with Gasteiger partial charge in [0.25, 0.3) is 0 Å². The topological polar surface area (TPSA) is 95.1 Å². The Kier molecular flexibility index (Phi) is 10.9. The summed E-state index contributed by atoms with van der Waals surface area (Å²) in [7, 11) is 1.32. The molecule has 0 fully saturated rings. The number of ether oxygens (including phenoxy) is 4. The number of nitrogens with one attached hydrogen (secondary N) is 2. The van der Waals surface area contributed by atoms with Crippen molar-refractivity contribution in [1.29, 1.82) is 0 Å². The van der Waals surface area contributed by atoms with Crippen LogP contribution in [-0.4, -0.2) is 37.7 Å².